The van der Waals surface area contributed by atoms with Crippen molar-refractivity contribution >= 4 is 0 Å². The van der Waals surface area contributed by atoms with Gasteiger partial charge >= 0.3 is 0 Å². The summed E-state index contributed by atoms with van der Waals surface area (Å²) in [6.07, 6.45) is 2.29. The second kappa shape index (κ2) is 9.44. The minimum atomic E-state index is 0.321. The summed E-state index contributed by atoms with van der Waals surface area (Å²) < 4.78 is 5.32. The zero-order valence-corrected chi connectivity index (χ0v) is 9.96. The second-order valence-corrected chi connectivity index (χ2v) is 3.64. The highest BCUT2D eigenvalue weighted by Crippen LogP contribution is 1.97. The maximum Gasteiger partial charge on any atom is 0.0593 e. The maximum atomic E-state index is 5.98. The Morgan fingerprint density at radius 1 is 1.29 bits per heavy atom. The molecule has 0 amide bonds. The van der Waals surface area contributed by atoms with Crippen molar-refractivity contribution in [2.24, 2.45) is 5.73 Å². The smallest absolute Gasteiger partial charge is 0.0593 e. The van der Waals surface area contributed by atoms with E-state index in [1.165, 1.54) is 6.42 Å². The number of nitrogens with two attached hydrogens (primary N) is 1. The van der Waals surface area contributed by atoms with Crippen molar-refractivity contribution in [3.63, 3.8) is 0 Å². The molecule has 0 spiro atoms. The molecule has 0 saturated carbocycles. The van der Waals surface area contributed by atoms with Crippen LogP contribution in [0.3, 0.4) is 0 Å². The van der Waals surface area contributed by atoms with Gasteiger partial charge in [0, 0.05) is 25.7 Å². The van der Waals surface area contributed by atoms with Crippen molar-refractivity contribution < 1.29 is 4.74 Å². The number of likely N-dealkylation sites (N-methyl/N-ethyl adjacent to an activating group) is 1. The Labute approximate surface area is 88.6 Å². The minimum Gasteiger partial charge on any atom is -0.380 e. The summed E-state index contributed by atoms with van der Waals surface area (Å²) in [6.45, 7) is 11.1. The van der Waals surface area contributed by atoms with Gasteiger partial charge in [-0.1, -0.05) is 20.3 Å². The average Bonchev–Trinajstić information content (AvgIpc) is 2.17. The van der Waals surface area contributed by atoms with Crippen LogP contribution >= 0.6 is 0 Å². The molecule has 0 radical (unpaired) electrons. The summed E-state index contributed by atoms with van der Waals surface area (Å²) in [5.74, 6) is 0. The quantitative estimate of drug-likeness (QED) is 0.575. The Kier molecular flexibility index (Phi) is 9.35. The number of rotatable bonds is 9. The molecule has 3 nitrogen and oxygen atoms in total. The van der Waals surface area contributed by atoms with E-state index in [2.05, 4.69) is 18.7 Å². The molecule has 1 atom stereocenters. The molecule has 0 bridgehead atoms. The van der Waals surface area contributed by atoms with Crippen LogP contribution in [-0.2, 0) is 4.74 Å². The lowest BCUT2D eigenvalue weighted by Gasteiger charge is -2.23. The lowest BCUT2D eigenvalue weighted by atomic mass is 10.2. The van der Waals surface area contributed by atoms with Crippen LogP contribution in [0, 0.1) is 0 Å². The van der Waals surface area contributed by atoms with E-state index in [1.54, 1.807) is 0 Å². The fraction of sp³-hybridized carbons (Fsp3) is 1.00. The number of ether oxygens (including phenoxy) is 1. The van der Waals surface area contributed by atoms with Gasteiger partial charge in [0.1, 0.15) is 0 Å². The van der Waals surface area contributed by atoms with Crippen LogP contribution in [0.25, 0.3) is 0 Å². The standard InChI is InChI=1S/C11H26N2O/c1-4-7-11(12)10-13(5-2)8-9-14-6-3/h11H,4-10,12H2,1-3H3. The third kappa shape index (κ3) is 7.30. The molecule has 0 saturated heterocycles. The van der Waals surface area contributed by atoms with Crippen molar-refractivity contribution in [1.29, 1.82) is 0 Å². The molecule has 0 heterocycles. The Balaban J connectivity index is 3.55. The molecule has 0 aromatic heterocycles. The second-order valence-electron chi connectivity index (χ2n) is 3.64. The van der Waals surface area contributed by atoms with Gasteiger partial charge in [-0.2, -0.15) is 0 Å². The Bertz CT molecular complexity index is 120. The molecule has 3 heteroatoms. The Morgan fingerprint density at radius 3 is 2.50 bits per heavy atom. The van der Waals surface area contributed by atoms with Gasteiger partial charge in [-0.3, -0.25) is 4.90 Å². The molecule has 0 aromatic carbocycles. The van der Waals surface area contributed by atoms with Crippen LogP contribution in [0.1, 0.15) is 33.6 Å². The van der Waals surface area contributed by atoms with Gasteiger partial charge in [0.05, 0.1) is 6.61 Å². The van der Waals surface area contributed by atoms with Crippen LogP contribution in [0.2, 0.25) is 0 Å². The van der Waals surface area contributed by atoms with Crippen LogP contribution in [-0.4, -0.2) is 43.8 Å². The van der Waals surface area contributed by atoms with E-state index in [0.717, 1.165) is 39.3 Å². The summed E-state index contributed by atoms with van der Waals surface area (Å²) in [4.78, 5) is 2.36. The molecule has 0 aliphatic rings. The lowest BCUT2D eigenvalue weighted by molar-refractivity contribution is 0.112. The van der Waals surface area contributed by atoms with Gasteiger partial charge in [-0.25, -0.2) is 0 Å². The zero-order chi connectivity index (χ0) is 10.8. The number of hydrogen-bond acceptors (Lipinski definition) is 3. The predicted octanol–water partition coefficient (Wildman–Crippen LogP) is 1.47. The molecule has 0 aliphatic heterocycles. The Morgan fingerprint density at radius 2 is 2.00 bits per heavy atom. The largest absolute Gasteiger partial charge is 0.380 e. The first-order chi connectivity index (χ1) is 6.74. The molecule has 0 aromatic rings. The normalized spacial score (nSPS) is 13.5. The number of nitrogens with zero attached hydrogens (tertiary/aromatic N) is 1. The molecule has 0 aliphatic carbocycles. The van der Waals surface area contributed by atoms with Gasteiger partial charge in [-0.15, -0.1) is 0 Å². The zero-order valence-electron chi connectivity index (χ0n) is 9.96. The van der Waals surface area contributed by atoms with Gasteiger partial charge < -0.3 is 10.5 Å². The molecule has 1 unspecified atom stereocenters. The third-order valence-corrected chi connectivity index (χ3v) is 2.36. The monoisotopic (exact) mass is 202 g/mol. The van der Waals surface area contributed by atoms with Crippen molar-refractivity contribution in [2.45, 2.75) is 39.7 Å². The van der Waals surface area contributed by atoms with E-state index in [-0.39, 0.29) is 0 Å². The average molecular weight is 202 g/mol. The summed E-state index contributed by atoms with van der Waals surface area (Å²) in [5.41, 5.74) is 5.98. The predicted molar refractivity (Wildman–Crippen MR) is 61.5 cm³/mol. The van der Waals surface area contributed by atoms with Crippen molar-refractivity contribution in [3.8, 4) is 0 Å². The highest BCUT2D eigenvalue weighted by atomic mass is 16.5. The van der Waals surface area contributed by atoms with E-state index in [9.17, 15) is 0 Å². The van der Waals surface area contributed by atoms with Crippen molar-refractivity contribution in [1.82, 2.24) is 4.90 Å². The number of hydrogen-bond donors (Lipinski definition) is 1. The third-order valence-electron chi connectivity index (χ3n) is 2.36. The highest BCUT2D eigenvalue weighted by molar-refractivity contribution is 4.66. The Hall–Kier alpha value is -0.120. The first-order valence-electron chi connectivity index (χ1n) is 5.80. The fourth-order valence-electron chi connectivity index (χ4n) is 1.51. The summed E-state index contributed by atoms with van der Waals surface area (Å²) in [5, 5.41) is 0. The lowest BCUT2D eigenvalue weighted by Crippen LogP contribution is -2.39. The maximum absolute atomic E-state index is 5.98. The molecular weight excluding hydrogens is 176 g/mol. The van der Waals surface area contributed by atoms with Crippen LogP contribution in [0.15, 0.2) is 0 Å². The van der Waals surface area contributed by atoms with Gasteiger partial charge in [0.25, 0.3) is 0 Å². The highest BCUT2D eigenvalue weighted by Gasteiger charge is 2.07. The van der Waals surface area contributed by atoms with Gasteiger partial charge in [0.2, 0.25) is 0 Å². The molecule has 0 rings (SSSR count). The van der Waals surface area contributed by atoms with Crippen molar-refractivity contribution in [2.75, 3.05) is 32.8 Å². The van der Waals surface area contributed by atoms with E-state index in [4.69, 9.17) is 10.5 Å². The fourth-order valence-corrected chi connectivity index (χ4v) is 1.51. The summed E-state index contributed by atoms with van der Waals surface area (Å²) in [6, 6.07) is 0.321. The van der Waals surface area contributed by atoms with E-state index < -0.39 is 0 Å². The first kappa shape index (κ1) is 13.9. The molecule has 0 fully saturated rings. The molecule has 86 valence electrons. The van der Waals surface area contributed by atoms with E-state index in [1.807, 2.05) is 6.92 Å². The van der Waals surface area contributed by atoms with E-state index >= 15 is 0 Å². The summed E-state index contributed by atoms with van der Waals surface area (Å²) >= 11 is 0. The van der Waals surface area contributed by atoms with Gasteiger partial charge in [0.15, 0.2) is 0 Å². The summed E-state index contributed by atoms with van der Waals surface area (Å²) in [7, 11) is 0. The molecular formula is C11H26N2O. The molecule has 14 heavy (non-hydrogen) atoms. The van der Waals surface area contributed by atoms with Crippen molar-refractivity contribution in [3.05, 3.63) is 0 Å². The van der Waals surface area contributed by atoms with Crippen LogP contribution in [0.4, 0.5) is 0 Å². The minimum absolute atomic E-state index is 0.321. The SMILES string of the molecule is CCCC(N)CN(CC)CCOCC. The topological polar surface area (TPSA) is 38.5 Å². The van der Waals surface area contributed by atoms with Gasteiger partial charge in [-0.05, 0) is 19.9 Å². The molecule has 2 N–H and O–H groups in total. The van der Waals surface area contributed by atoms with Crippen LogP contribution < -0.4 is 5.73 Å². The van der Waals surface area contributed by atoms with E-state index in [0.29, 0.717) is 6.04 Å². The van der Waals surface area contributed by atoms with Crippen LogP contribution in [0.5, 0.6) is 0 Å². The first-order valence-corrected chi connectivity index (χ1v) is 5.80.